The Hall–Kier alpha value is -0.570. The second kappa shape index (κ2) is 6.11. The summed E-state index contributed by atoms with van der Waals surface area (Å²) in [6.45, 7) is 9.88. The van der Waals surface area contributed by atoms with Crippen molar-refractivity contribution in [2.45, 2.75) is 65.5 Å². The van der Waals surface area contributed by atoms with E-state index >= 15 is 0 Å². The van der Waals surface area contributed by atoms with Gasteiger partial charge in [0.05, 0.1) is 6.42 Å². The molecule has 0 aromatic rings. The second-order valence-electron chi connectivity index (χ2n) is 5.30. The minimum Gasteiger partial charge on any atom is -0.460 e. The van der Waals surface area contributed by atoms with Gasteiger partial charge in [0.15, 0.2) is 0 Å². The van der Waals surface area contributed by atoms with Crippen LogP contribution in [0.1, 0.15) is 53.9 Å². The standard InChI is InChI=1S/C12H25NO2/c1-6-9(2)7-10(13)8-11(14)15-12(3,4)5/h9-10H,6-8,13H2,1-5H3. The van der Waals surface area contributed by atoms with E-state index < -0.39 is 5.60 Å². The molecule has 0 aromatic heterocycles. The highest BCUT2D eigenvalue weighted by Crippen LogP contribution is 2.13. The first kappa shape index (κ1) is 14.4. The predicted octanol–water partition coefficient (Wildman–Crippen LogP) is 2.48. The van der Waals surface area contributed by atoms with Crippen LogP contribution in [-0.2, 0) is 9.53 Å². The van der Waals surface area contributed by atoms with Gasteiger partial charge in [-0.1, -0.05) is 20.3 Å². The average Bonchev–Trinajstić information content (AvgIpc) is 1.99. The van der Waals surface area contributed by atoms with Crippen LogP contribution in [0.4, 0.5) is 0 Å². The minimum absolute atomic E-state index is 0.0743. The van der Waals surface area contributed by atoms with Gasteiger partial charge in [-0.25, -0.2) is 0 Å². The van der Waals surface area contributed by atoms with Crippen molar-refractivity contribution in [2.75, 3.05) is 0 Å². The summed E-state index contributed by atoms with van der Waals surface area (Å²) in [5.41, 5.74) is 5.46. The van der Waals surface area contributed by atoms with Crippen molar-refractivity contribution in [2.24, 2.45) is 11.7 Å². The van der Waals surface area contributed by atoms with Crippen LogP contribution in [0, 0.1) is 5.92 Å². The van der Waals surface area contributed by atoms with Gasteiger partial charge in [0.25, 0.3) is 0 Å². The average molecular weight is 215 g/mol. The highest BCUT2D eigenvalue weighted by Gasteiger charge is 2.19. The Labute approximate surface area is 93.4 Å². The molecule has 0 aliphatic rings. The first-order chi connectivity index (χ1) is 6.74. The molecule has 0 spiro atoms. The Morgan fingerprint density at radius 3 is 2.33 bits per heavy atom. The molecule has 0 fully saturated rings. The molecule has 2 atom stereocenters. The van der Waals surface area contributed by atoms with E-state index in [2.05, 4.69) is 13.8 Å². The van der Waals surface area contributed by atoms with Crippen molar-refractivity contribution >= 4 is 5.97 Å². The SMILES string of the molecule is CCC(C)CC(N)CC(=O)OC(C)(C)C. The van der Waals surface area contributed by atoms with Gasteiger partial charge in [-0.2, -0.15) is 0 Å². The molecule has 0 saturated heterocycles. The summed E-state index contributed by atoms with van der Waals surface area (Å²) in [5, 5.41) is 0. The lowest BCUT2D eigenvalue weighted by molar-refractivity contribution is -0.155. The molecule has 3 nitrogen and oxygen atoms in total. The molecule has 0 heterocycles. The summed E-state index contributed by atoms with van der Waals surface area (Å²) >= 11 is 0. The molecular formula is C12H25NO2. The summed E-state index contributed by atoms with van der Waals surface area (Å²) in [6, 6.07) is -0.0743. The summed E-state index contributed by atoms with van der Waals surface area (Å²) in [7, 11) is 0. The number of rotatable bonds is 5. The zero-order valence-corrected chi connectivity index (χ0v) is 10.7. The van der Waals surface area contributed by atoms with Crippen molar-refractivity contribution in [3.8, 4) is 0 Å². The van der Waals surface area contributed by atoms with Crippen molar-refractivity contribution in [1.82, 2.24) is 0 Å². The molecule has 0 saturated carbocycles. The van der Waals surface area contributed by atoms with Gasteiger partial charge in [-0.15, -0.1) is 0 Å². The highest BCUT2D eigenvalue weighted by atomic mass is 16.6. The quantitative estimate of drug-likeness (QED) is 0.717. The second-order valence-corrected chi connectivity index (χ2v) is 5.30. The molecule has 0 amide bonds. The van der Waals surface area contributed by atoms with Crippen LogP contribution < -0.4 is 5.73 Å². The van der Waals surface area contributed by atoms with Crippen LogP contribution in [0.25, 0.3) is 0 Å². The minimum atomic E-state index is -0.410. The number of carbonyl (C=O) groups is 1. The van der Waals surface area contributed by atoms with E-state index in [1.807, 2.05) is 20.8 Å². The third-order valence-corrected chi connectivity index (χ3v) is 2.25. The molecule has 2 unspecified atom stereocenters. The van der Waals surface area contributed by atoms with E-state index in [-0.39, 0.29) is 12.0 Å². The lowest BCUT2D eigenvalue weighted by Crippen LogP contribution is -2.31. The Morgan fingerprint density at radius 1 is 1.40 bits per heavy atom. The molecule has 0 radical (unpaired) electrons. The maximum atomic E-state index is 11.4. The number of hydrogen-bond acceptors (Lipinski definition) is 3. The van der Waals surface area contributed by atoms with Gasteiger partial charge in [-0.05, 0) is 33.1 Å². The maximum absolute atomic E-state index is 11.4. The molecule has 0 aromatic carbocycles. The van der Waals surface area contributed by atoms with Gasteiger partial charge in [-0.3, -0.25) is 4.79 Å². The molecule has 15 heavy (non-hydrogen) atoms. The van der Waals surface area contributed by atoms with E-state index in [0.717, 1.165) is 12.8 Å². The zero-order chi connectivity index (χ0) is 12.1. The van der Waals surface area contributed by atoms with Gasteiger partial charge in [0.1, 0.15) is 5.60 Å². The normalized spacial score (nSPS) is 15.9. The van der Waals surface area contributed by atoms with Crippen LogP contribution in [-0.4, -0.2) is 17.6 Å². The predicted molar refractivity (Wildman–Crippen MR) is 62.5 cm³/mol. The van der Waals surface area contributed by atoms with Crippen molar-refractivity contribution < 1.29 is 9.53 Å². The van der Waals surface area contributed by atoms with Crippen LogP contribution in [0.2, 0.25) is 0 Å². The maximum Gasteiger partial charge on any atom is 0.307 e. The summed E-state index contributed by atoms with van der Waals surface area (Å²) < 4.78 is 5.20. The van der Waals surface area contributed by atoms with Crippen molar-refractivity contribution in [3.63, 3.8) is 0 Å². The van der Waals surface area contributed by atoms with E-state index in [0.29, 0.717) is 12.3 Å². The first-order valence-corrected chi connectivity index (χ1v) is 5.72. The number of carbonyl (C=O) groups excluding carboxylic acids is 1. The molecule has 90 valence electrons. The van der Waals surface area contributed by atoms with E-state index in [4.69, 9.17) is 10.5 Å². The Balaban J connectivity index is 3.87. The fourth-order valence-corrected chi connectivity index (χ4v) is 1.36. The smallest absolute Gasteiger partial charge is 0.307 e. The highest BCUT2D eigenvalue weighted by molar-refractivity contribution is 5.70. The first-order valence-electron chi connectivity index (χ1n) is 5.72. The monoisotopic (exact) mass is 215 g/mol. The molecule has 0 rings (SSSR count). The fourth-order valence-electron chi connectivity index (χ4n) is 1.36. The lowest BCUT2D eigenvalue weighted by Gasteiger charge is -2.21. The third-order valence-electron chi connectivity index (χ3n) is 2.25. The topological polar surface area (TPSA) is 52.3 Å². The number of esters is 1. The summed E-state index contributed by atoms with van der Waals surface area (Å²) in [6.07, 6.45) is 2.30. The largest absolute Gasteiger partial charge is 0.460 e. The number of hydrogen-bond donors (Lipinski definition) is 1. The van der Waals surface area contributed by atoms with Crippen molar-refractivity contribution in [3.05, 3.63) is 0 Å². The van der Waals surface area contributed by atoms with E-state index in [1.165, 1.54) is 0 Å². The van der Waals surface area contributed by atoms with Gasteiger partial charge in [0.2, 0.25) is 0 Å². The molecule has 0 bridgehead atoms. The van der Waals surface area contributed by atoms with Gasteiger partial charge >= 0.3 is 5.97 Å². The number of nitrogens with two attached hydrogens (primary N) is 1. The zero-order valence-electron chi connectivity index (χ0n) is 10.7. The fraction of sp³-hybridized carbons (Fsp3) is 0.917. The molecule has 0 aliphatic heterocycles. The summed E-state index contributed by atoms with van der Waals surface area (Å²) in [5.74, 6) is 0.376. The lowest BCUT2D eigenvalue weighted by atomic mass is 9.98. The molecule has 3 heteroatoms. The summed E-state index contributed by atoms with van der Waals surface area (Å²) in [4.78, 5) is 11.4. The van der Waals surface area contributed by atoms with E-state index in [1.54, 1.807) is 0 Å². The van der Waals surface area contributed by atoms with Crippen LogP contribution in [0.15, 0.2) is 0 Å². The molecule has 0 aliphatic carbocycles. The van der Waals surface area contributed by atoms with Crippen LogP contribution in [0.5, 0.6) is 0 Å². The third kappa shape index (κ3) is 8.43. The molecular weight excluding hydrogens is 190 g/mol. The number of ether oxygens (including phenoxy) is 1. The van der Waals surface area contributed by atoms with Gasteiger partial charge in [0, 0.05) is 6.04 Å². The van der Waals surface area contributed by atoms with Crippen LogP contribution in [0.3, 0.4) is 0 Å². The Kier molecular flexibility index (Phi) is 5.88. The Bertz CT molecular complexity index is 196. The van der Waals surface area contributed by atoms with Gasteiger partial charge < -0.3 is 10.5 Å². The Morgan fingerprint density at radius 2 is 1.93 bits per heavy atom. The van der Waals surface area contributed by atoms with E-state index in [9.17, 15) is 4.79 Å². The van der Waals surface area contributed by atoms with Crippen LogP contribution >= 0.6 is 0 Å². The molecule has 2 N–H and O–H groups in total. The van der Waals surface area contributed by atoms with Crippen molar-refractivity contribution in [1.29, 1.82) is 0 Å².